The van der Waals surface area contributed by atoms with Gasteiger partial charge < -0.3 is 20.4 Å². The molecule has 0 aliphatic carbocycles. The number of aliphatic imine (C=N–C) groups is 1. The summed E-state index contributed by atoms with van der Waals surface area (Å²) >= 11 is 0. The molecular formula is C21H46N6. The molecule has 1 heterocycles. The zero-order valence-electron chi connectivity index (χ0n) is 19.1. The smallest absolute Gasteiger partial charge is 0.191 e. The van der Waals surface area contributed by atoms with E-state index in [-0.39, 0.29) is 0 Å². The first-order chi connectivity index (χ1) is 12.8. The molecule has 0 bridgehead atoms. The van der Waals surface area contributed by atoms with E-state index in [1.54, 1.807) is 0 Å². The summed E-state index contributed by atoms with van der Waals surface area (Å²) in [6.07, 6.45) is 1.14. The first-order valence-corrected chi connectivity index (χ1v) is 11.0. The second-order valence-corrected chi connectivity index (χ2v) is 8.63. The van der Waals surface area contributed by atoms with Crippen molar-refractivity contribution < 1.29 is 0 Å². The van der Waals surface area contributed by atoms with Gasteiger partial charge in [0.15, 0.2) is 5.96 Å². The molecule has 160 valence electrons. The van der Waals surface area contributed by atoms with Gasteiger partial charge in [-0.2, -0.15) is 0 Å². The van der Waals surface area contributed by atoms with Gasteiger partial charge >= 0.3 is 0 Å². The van der Waals surface area contributed by atoms with Crippen molar-refractivity contribution in [2.75, 3.05) is 66.0 Å². The second-order valence-electron chi connectivity index (χ2n) is 8.63. The Kier molecular flexibility index (Phi) is 12.0. The molecule has 0 saturated carbocycles. The molecule has 6 nitrogen and oxygen atoms in total. The summed E-state index contributed by atoms with van der Waals surface area (Å²) in [5, 5.41) is 6.90. The van der Waals surface area contributed by atoms with Crippen LogP contribution in [0.1, 0.15) is 48.0 Å². The maximum Gasteiger partial charge on any atom is 0.191 e. The van der Waals surface area contributed by atoms with E-state index in [0.29, 0.717) is 18.0 Å². The van der Waals surface area contributed by atoms with Crippen molar-refractivity contribution in [1.29, 1.82) is 0 Å². The van der Waals surface area contributed by atoms with Crippen LogP contribution in [0.5, 0.6) is 0 Å². The fraction of sp³-hybridized carbons (Fsp3) is 0.952. The molecule has 27 heavy (non-hydrogen) atoms. The Morgan fingerprint density at radius 3 is 2.19 bits per heavy atom. The molecule has 6 heteroatoms. The predicted molar refractivity (Wildman–Crippen MR) is 119 cm³/mol. The topological polar surface area (TPSA) is 46.1 Å². The first-order valence-electron chi connectivity index (χ1n) is 11.0. The molecule has 2 N–H and O–H groups in total. The Labute approximate surface area is 168 Å². The van der Waals surface area contributed by atoms with Gasteiger partial charge in [-0.1, -0.05) is 6.92 Å². The molecule has 1 aliphatic heterocycles. The number of nitrogens with zero attached hydrogens (tertiary/aromatic N) is 4. The van der Waals surface area contributed by atoms with Crippen LogP contribution < -0.4 is 10.6 Å². The highest BCUT2D eigenvalue weighted by molar-refractivity contribution is 5.79. The van der Waals surface area contributed by atoms with Crippen molar-refractivity contribution in [3.05, 3.63) is 0 Å². The number of guanidine groups is 1. The van der Waals surface area contributed by atoms with Crippen molar-refractivity contribution in [3.8, 4) is 0 Å². The molecule has 1 rings (SSSR count). The molecule has 1 unspecified atom stereocenters. The van der Waals surface area contributed by atoms with Crippen LogP contribution >= 0.6 is 0 Å². The Hall–Kier alpha value is -0.850. The average molecular weight is 383 g/mol. The lowest BCUT2D eigenvalue weighted by Gasteiger charge is -2.33. The van der Waals surface area contributed by atoms with E-state index < -0.39 is 0 Å². The van der Waals surface area contributed by atoms with Crippen molar-refractivity contribution >= 4 is 5.96 Å². The van der Waals surface area contributed by atoms with Crippen molar-refractivity contribution in [2.45, 2.75) is 60.0 Å². The lowest BCUT2D eigenvalue weighted by molar-refractivity contribution is 0.140. The Balaban J connectivity index is 2.34. The molecule has 1 saturated heterocycles. The lowest BCUT2D eigenvalue weighted by atomic mass is 10.1. The normalized spacial score (nSPS) is 18.5. The number of rotatable bonds is 11. The molecule has 1 fully saturated rings. The van der Waals surface area contributed by atoms with Gasteiger partial charge in [0.2, 0.25) is 0 Å². The van der Waals surface area contributed by atoms with Crippen LogP contribution in [0.2, 0.25) is 0 Å². The fourth-order valence-corrected chi connectivity index (χ4v) is 3.70. The third-order valence-electron chi connectivity index (χ3n) is 5.28. The standard InChI is InChI=1S/C21H46N6/c1-8-22-21(23-10-9-11-27(18(2)3)19(4)5)24-16-20(6)17-26-14-12-25(7)13-15-26/h18-20H,8-17H2,1-7H3,(H2,22,23,24). The summed E-state index contributed by atoms with van der Waals surface area (Å²) < 4.78 is 0. The summed E-state index contributed by atoms with van der Waals surface area (Å²) in [5.74, 6) is 1.55. The Morgan fingerprint density at radius 1 is 1.00 bits per heavy atom. The summed E-state index contributed by atoms with van der Waals surface area (Å²) in [4.78, 5) is 12.4. The minimum absolute atomic E-state index is 0.584. The van der Waals surface area contributed by atoms with E-state index in [1.165, 1.54) is 26.2 Å². The minimum atomic E-state index is 0.584. The highest BCUT2D eigenvalue weighted by Crippen LogP contribution is 2.06. The molecular weight excluding hydrogens is 336 g/mol. The minimum Gasteiger partial charge on any atom is -0.357 e. The Morgan fingerprint density at radius 2 is 1.63 bits per heavy atom. The summed E-state index contributed by atoms with van der Waals surface area (Å²) in [5.41, 5.74) is 0. The number of hydrogen-bond donors (Lipinski definition) is 2. The van der Waals surface area contributed by atoms with Crippen LogP contribution in [-0.2, 0) is 0 Å². The van der Waals surface area contributed by atoms with Crippen molar-refractivity contribution in [2.24, 2.45) is 10.9 Å². The van der Waals surface area contributed by atoms with Gasteiger partial charge in [-0.3, -0.25) is 9.89 Å². The number of likely N-dealkylation sites (N-methyl/N-ethyl adjacent to an activating group) is 1. The SMILES string of the molecule is CCNC(=NCC(C)CN1CCN(C)CC1)NCCCN(C(C)C)C(C)C. The predicted octanol–water partition coefficient (Wildman–Crippen LogP) is 1.93. The summed E-state index contributed by atoms with van der Waals surface area (Å²) in [6, 6.07) is 1.20. The van der Waals surface area contributed by atoms with Crippen molar-refractivity contribution in [1.82, 2.24) is 25.3 Å². The van der Waals surface area contributed by atoms with Crippen LogP contribution in [0.15, 0.2) is 4.99 Å². The van der Waals surface area contributed by atoms with E-state index in [2.05, 4.69) is 73.9 Å². The van der Waals surface area contributed by atoms with E-state index in [4.69, 9.17) is 4.99 Å². The molecule has 0 aromatic heterocycles. The van der Waals surface area contributed by atoms with Gasteiger partial charge in [0.05, 0.1) is 0 Å². The van der Waals surface area contributed by atoms with Gasteiger partial charge in [0, 0.05) is 71.0 Å². The van der Waals surface area contributed by atoms with Gasteiger partial charge in [-0.15, -0.1) is 0 Å². The molecule has 0 amide bonds. The number of piperazine rings is 1. The van der Waals surface area contributed by atoms with Gasteiger partial charge in [-0.05, 0) is 54.0 Å². The zero-order chi connectivity index (χ0) is 20.2. The summed E-state index contributed by atoms with van der Waals surface area (Å²) in [6.45, 7) is 23.3. The monoisotopic (exact) mass is 382 g/mol. The molecule has 1 aliphatic rings. The highest BCUT2D eigenvalue weighted by Gasteiger charge is 2.16. The van der Waals surface area contributed by atoms with Crippen LogP contribution in [0.3, 0.4) is 0 Å². The first kappa shape index (κ1) is 24.2. The van der Waals surface area contributed by atoms with Crippen LogP contribution in [-0.4, -0.2) is 98.7 Å². The zero-order valence-corrected chi connectivity index (χ0v) is 19.1. The van der Waals surface area contributed by atoms with E-state index in [0.717, 1.165) is 45.1 Å². The van der Waals surface area contributed by atoms with E-state index in [9.17, 15) is 0 Å². The van der Waals surface area contributed by atoms with Gasteiger partial charge in [-0.25, -0.2) is 0 Å². The van der Waals surface area contributed by atoms with Crippen LogP contribution in [0.25, 0.3) is 0 Å². The maximum atomic E-state index is 4.82. The molecule has 0 aromatic rings. The lowest BCUT2D eigenvalue weighted by Crippen LogP contribution is -2.46. The maximum absolute atomic E-state index is 4.82. The van der Waals surface area contributed by atoms with E-state index >= 15 is 0 Å². The average Bonchev–Trinajstić information content (AvgIpc) is 2.60. The number of nitrogens with one attached hydrogen (secondary N) is 2. The van der Waals surface area contributed by atoms with Gasteiger partial charge in [0.25, 0.3) is 0 Å². The van der Waals surface area contributed by atoms with Crippen LogP contribution in [0.4, 0.5) is 0 Å². The van der Waals surface area contributed by atoms with Crippen molar-refractivity contribution in [3.63, 3.8) is 0 Å². The number of hydrogen-bond acceptors (Lipinski definition) is 4. The third kappa shape index (κ3) is 10.3. The fourth-order valence-electron chi connectivity index (χ4n) is 3.70. The molecule has 1 atom stereocenters. The summed E-state index contributed by atoms with van der Waals surface area (Å²) in [7, 11) is 2.21. The molecule has 0 aromatic carbocycles. The largest absolute Gasteiger partial charge is 0.357 e. The second kappa shape index (κ2) is 13.3. The molecule has 0 spiro atoms. The highest BCUT2D eigenvalue weighted by atomic mass is 15.2. The molecule has 0 radical (unpaired) electrons. The Bertz CT molecular complexity index is 393. The quantitative estimate of drug-likeness (QED) is 0.325. The van der Waals surface area contributed by atoms with Crippen LogP contribution in [0, 0.1) is 5.92 Å². The third-order valence-corrected chi connectivity index (χ3v) is 5.28. The van der Waals surface area contributed by atoms with E-state index in [1.807, 2.05) is 0 Å². The van der Waals surface area contributed by atoms with Gasteiger partial charge in [0.1, 0.15) is 0 Å².